The first-order chi connectivity index (χ1) is 17.4. The highest BCUT2D eigenvalue weighted by Gasteiger charge is 2.29. The van der Waals surface area contributed by atoms with Crippen LogP contribution in [0.2, 0.25) is 5.02 Å². The van der Waals surface area contributed by atoms with Crippen LogP contribution in [0.3, 0.4) is 0 Å². The molecule has 1 atom stereocenters. The predicted molar refractivity (Wildman–Crippen MR) is 137 cm³/mol. The van der Waals surface area contributed by atoms with Crippen molar-refractivity contribution >= 4 is 29.2 Å². The van der Waals surface area contributed by atoms with Crippen LogP contribution < -0.4 is 11.1 Å². The summed E-state index contributed by atoms with van der Waals surface area (Å²) in [5.41, 5.74) is 9.90. The van der Waals surface area contributed by atoms with Crippen molar-refractivity contribution in [2.75, 3.05) is 18.8 Å². The molecule has 0 radical (unpaired) electrons. The fourth-order valence-corrected chi connectivity index (χ4v) is 4.49. The van der Waals surface area contributed by atoms with Crippen LogP contribution in [0.4, 0.5) is 5.82 Å². The molecule has 9 nitrogen and oxygen atoms in total. The van der Waals surface area contributed by atoms with Crippen LogP contribution in [-0.4, -0.2) is 55.6 Å². The standard InChI is InChI=1S/C26H24ClN7O2/c1-33-14-18(13-31-33)17-10-21(24(28)30-12-17)25(35)32-19-8-9-34(15-19)26(36)23-7-6-16(11-29-23)20-4-2-3-5-22(20)27/h2-7,10-14,19H,8-9,15H2,1H3,(H2,28,30)(H,32,35)/t19-/m1/s1. The van der Waals surface area contributed by atoms with Gasteiger partial charge in [-0.2, -0.15) is 5.10 Å². The van der Waals surface area contributed by atoms with Gasteiger partial charge in [0.1, 0.15) is 11.5 Å². The number of hydrogen-bond acceptors (Lipinski definition) is 6. The number of nitrogens with zero attached hydrogens (tertiary/aromatic N) is 5. The molecule has 182 valence electrons. The van der Waals surface area contributed by atoms with Gasteiger partial charge in [0.25, 0.3) is 11.8 Å². The Kier molecular flexibility index (Phi) is 6.39. The van der Waals surface area contributed by atoms with E-state index in [1.54, 1.807) is 40.3 Å². The van der Waals surface area contributed by atoms with Crippen molar-refractivity contribution in [3.05, 3.63) is 83.5 Å². The first-order valence-electron chi connectivity index (χ1n) is 11.4. The smallest absolute Gasteiger partial charge is 0.272 e. The number of benzene rings is 1. The number of aryl methyl sites for hydroxylation is 1. The van der Waals surface area contributed by atoms with Crippen molar-refractivity contribution in [3.8, 4) is 22.3 Å². The van der Waals surface area contributed by atoms with Gasteiger partial charge in [-0.3, -0.25) is 19.3 Å². The van der Waals surface area contributed by atoms with Crippen molar-refractivity contribution in [2.24, 2.45) is 7.05 Å². The fourth-order valence-electron chi connectivity index (χ4n) is 4.25. The molecule has 0 aliphatic carbocycles. The molecule has 4 heterocycles. The molecule has 10 heteroatoms. The molecule has 0 saturated carbocycles. The summed E-state index contributed by atoms with van der Waals surface area (Å²) in [6.45, 7) is 0.898. The second-order valence-corrected chi connectivity index (χ2v) is 9.09. The number of carbonyl (C=O) groups excluding carboxylic acids is 2. The third kappa shape index (κ3) is 4.78. The molecule has 1 aliphatic heterocycles. The lowest BCUT2D eigenvalue weighted by molar-refractivity contribution is 0.0777. The lowest BCUT2D eigenvalue weighted by Crippen LogP contribution is -2.39. The average molecular weight is 502 g/mol. The number of amides is 2. The highest BCUT2D eigenvalue weighted by Crippen LogP contribution is 2.27. The molecule has 1 aromatic carbocycles. The second-order valence-electron chi connectivity index (χ2n) is 8.68. The Balaban J connectivity index is 1.23. The monoisotopic (exact) mass is 501 g/mol. The van der Waals surface area contributed by atoms with E-state index < -0.39 is 0 Å². The molecule has 0 bridgehead atoms. The third-order valence-electron chi connectivity index (χ3n) is 6.18. The Hall–Kier alpha value is -4.24. The van der Waals surface area contributed by atoms with Crippen LogP contribution in [0.25, 0.3) is 22.3 Å². The number of hydrogen-bond donors (Lipinski definition) is 2. The van der Waals surface area contributed by atoms with Gasteiger partial charge in [-0.05, 0) is 24.6 Å². The molecule has 4 aromatic rings. The van der Waals surface area contributed by atoms with Gasteiger partial charge in [-0.25, -0.2) is 4.98 Å². The number of rotatable bonds is 5. The molecule has 5 rings (SSSR count). The zero-order valence-corrected chi connectivity index (χ0v) is 20.3. The van der Waals surface area contributed by atoms with Gasteiger partial charge in [0.05, 0.1) is 11.8 Å². The number of halogens is 1. The zero-order valence-electron chi connectivity index (χ0n) is 19.6. The van der Waals surface area contributed by atoms with Crippen LogP contribution in [0.1, 0.15) is 27.3 Å². The lowest BCUT2D eigenvalue weighted by atomic mass is 10.1. The van der Waals surface area contributed by atoms with E-state index in [0.717, 1.165) is 22.3 Å². The van der Waals surface area contributed by atoms with E-state index in [4.69, 9.17) is 17.3 Å². The molecule has 0 spiro atoms. The van der Waals surface area contributed by atoms with Crippen LogP contribution in [-0.2, 0) is 7.05 Å². The highest BCUT2D eigenvalue weighted by molar-refractivity contribution is 6.33. The molecule has 1 fully saturated rings. The Morgan fingerprint density at radius 1 is 1.06 bits per heavy atom. The van der Waals surface area contributed by atoms with Gasteiger partial charge in [0.15, 0.2) is 0 Å². The molecule has 1 aliphatic rings. The maximum absolute atomic E-state index is 13.0. The van der Waals surface area contributed by atoms with Gasteiger partial charge in [-0.15, -0.1) is 0 Å². The molecular formula is C26H24ClN7O2. The number of carbonyl (C=O) groups is 2. The van der Waals surface area contributed by atoms with E-state index in [0.29, 0.717) is 30.2 Å². The molecule has 3 N–H and O–H groups in total. The zero-order chi connectivity index (χ0) is 25.2. The van der Waals surface area contributed by atoms with E-state index in [2.05, 4.69) is 20.4 Å². The summed E-state index contributed by atoms with van der Waals surface area (Å²) in [6.07, 6.45) is 7.43. The van der Waals surface area contributed by atoms with Gasteiger partial charge in [0, 0.05) is 72.0 Å². The lowest BCUT2D eigenvalue weighted by Gasteiger charge is -2.17. The van der Waals surface area contributed by atoms with E-state index in [1.165, 1.54) is 0 Å². The maximum Gasteiger partial charge on any atom is 0.272 e. The largest absolute Gasteiger partial charge is 0.383 e. The van der Waals surface area contributed by atoms with Crippen molar-refractivity contribution in [2.45, 2.75) is 12.5 Å². The van der Waals surface area contributed by atoms with Gasteiger partial charge < -0.3 is 16.0 Å². The van der Waals surface area contributed by atoms with E-state index >= 15 is 0 Å². The minimum Gasteiger partial charge on any atom is -0.383 e. The molecule has 1 saturated heterocycles. The Bertz CT molecular complexity index is 1430. The summed E-state index contributed by atoms with van der Waals surface area (Å²) in [4.78, 5) is 36.2. The number of nitrogens with two attached hydrogens (primary N) is 1. The van der Waals surface area contributed by atoms with Gasteiger partial charge >= 0.3 is 0 Å². The summed E-state index contributed by atoms with van der Waals surface area (Å²) < 4.78 is 1.68. The van der Waals surface area contributed by atoms with Crippen molar-refractivity contribution in [1.29, 1.82) is 0 Å². The normalized spacial score (nSPS) is 15.2. The predicted octanol–water partition coefficient (Wildman–Crippen LogP) is 3.42. The van der Waals surface area contributed by atoms with E-state index in [9.17, 15) is 9.59 Å². The number of nitrogen functional groups attached to an aromatic ring is 1. The topological polar surface area (TPSA) is 119 Å². The van der Waals surface area contributed by atoms with Crippen LogP contribution in [0, 0.1) is 0 Å². The van der Waals surface area contributed by atoms with Gasteiger partial charge in [-0.1, -0.05) is 35.9 Å². The number of aromatic nitrogens is 4. The first kappa shape index (κ1) is 23.5. The quantitative estimate of drug-likeness (QED) is 0.432. The third-order valence-corrected chi connectivity index (χ3v) is 6.51. The number of nitrogens with one attached hydrogen (secondary N) is 1. The van der Waals surface area contributed by atoms with E-state index in [-0.39, 0.29) is 29.2 Å². The average Bonchev–Trinajstić information content (AvgIpc) is 3.53. The summed E-state index contributed by atoms with van der Waals surface area (Å²) in [6, 6.07) is 12.5. The fraction of sp³-hybridized carbons (Fsp3) is 0.192. The van der Waals surface area contributed by atoms with Crippen molar-refractivity contribution in [1.82, 2.24) is 30.0 Å². The summed E-state index contributed by atoms with van der Waals surface area (Å²) in [7, 11) is 1.82. The van der Waals surface area contributed by atoms with Crippen LogP contribution in [0.5, 0.6) is 0 Å². The summed E-state index contributed by atoms with van der Waals surface area (Å²) >= 11 is 6.26. The SMILES string of the molecule is Cn1cc(-c2cnc(N)c(C(=O)N[C@@H]3CCN(C(=O)c4ccc(-c5ccccc5Cl)cn4)C3)c2)cn1. The molecule has 36 heavy (non-hydrogen) atoms. The van der Waals surface area contributed by atoms with E-state index in [1.807, 2.05) is 43.6 Å². The minimum absolute atomic E-state index is 0.147. The number of pyridine rings is 2. The first-order valence-corrected chi connectivity index (χ1v) is 11.8. The minimum atomic E-state index is -0.327. The second kappa shape index (κ2) is 9.79. The Morgan fingerprint density at radius 3 is 2.58 bits per heavy atom. The van der Waals surface area contributed by atoms with Crippen molar-refractivity contribution in [3.63, 3.8) is 0 Å². The molecular weight excluding hydrogens is 478 g/mol. The highest BCUT2D eigenvalue weighted by atomic mass is 35.5. The number of anilines is 1. The summed E-state index contributed by atoms with van der Waals surface area (Å²) in [5.74, 6) is -0.363. The van der Waals surface area contributed by atoms with Gasteiger partial charge in [0.2, 0.25) is 0 Å². The molecule has 0 unspecified atom stereocenters. The van der Waals surface area contributed by atoms with Crippen LogP contribution in [0.15, 0.2) is 67.3 Å². The Labute approximate surface area is 212 Å². The Morgan fingerprint density at radius 2 is 1.86 bits per heavy atom. The van der Waals surface area contributed by atoms with Crippen LogP contribution >= 0.6 is 11.6 Å². The molecule has 2 amide bonds. The van der Waals surface area contributed by atoms with Crippen molar-refractivity contribution < 1.29 is 9.59 Å². The maximum atomic E-state index is 13.0. The summed E-state index contributed by atoms with van der Waals surface area (Å²) in [5, 5.41) is 7.76. The number of likely N-dealkylation sites (tertiary alicyclic amines) is 1. The molecule has 3 aromatic heterocycles.